The lowest BCUT2D eigenvalue weighted by atomic mass is 9.98. The summed E-state index contributed by atoms with van der Waals surface area (Å²) in [6.07, 6.45) is 3.85. The second kappa shape index (κ2) is 8.59. The summed E-state index contributed by atoms with van der Waals surface area (Å²) >= 11 is 3.64. The molecule has 2 nitrogen and oxygen atoms in total. The van der Waals surface area contributed by atoms with Gasteiger partial charge < -0.3 is 0 Å². The molecule has 8 rings (SSSR count). The predicted octanol–water partition coefficient (Wildman–Crippen LogP) is 10.2. The zero-order chi connectivity index (χ0) is 25.1. The Morgan fingerprint density at radius 1 is 0.395 bits per heavy atom. The maximum absolute atomic E-state index is 4.69. The molecular weight excluding hydrogens is 501 g/mol. The van der Waals surface area contributed by atoms with Crippen LogP contribution < -0.4 is 0 Å². The highest BCUT2D eigenvalue weighted by Gasteiger charge is 2.13. The smallest absolute Gasteiger partial charge is 0.0894 e. The number of thiophene rings is 2. The highest BCUT2D eigenvalue weighted by molar-refractivity contribution is 7.26. The molecule has 8 aromatic rings. The molecule has 0 saturated heterocycles. The summed E-state index contributed by atoms with van der Waals surface area (Å²) in [6, 6.07) is 39.1. The highest BCUT2D eigenvalue weighted by Crippen LogP contribution is 2.40. The first-order chi connectivity index (χ1) is 18.8. The summed E-state index contributed by atoms with van der Waals surface area (Å²) in [5, 5.41) is 2.46. The minimum atomic E-state index is 1.09. The maximum Gasteiger partial charge on any atom is 0.0894 e. The number of pyridine rings is 2. The Morgan fingerprint density at radius 3 is 1.24 bits per heavy atom. The molecule has 0 atom stereocenters. The number of nitrogens with zero attached hydrogens (tertiary/aromatic N) is 2. The SMILES string of the molecule is c1ccc2c(c1)sc1c(-c3ccc(-c4ccc(-c5ccnc6c5sc5ccccc56)cc4)cc3)ccnc12. The van der Waals surface area contributed by atoms with E-state index in [1.807, 2.05) is 35.1 Å². The van der Waals surface area contributed by atoms with Gasteiger partial charge in [0.15, 0.2) is 0 Å². The minimum Gasteiger partial charge on any atom is -0.255 e. The van der Waals surface area contributed by atoms with E-state index in [0.717, 1.165) is 11.0 Å². The lowest BCUT2D eigenvalue weighted by molar-refractivity contribution is 1.43. The van der Waals surface area contributed by atoms with Gasteiger partial charge in [0, 0.05) is 43.7 Å². The largest absolute Gasteiger partial charge is 0.255 e. The second-order valence-corrected chi connectivity index (χ2v) is 11.5. The number of aromatic nitrogens is 2. The van der Waals surface area contributed by atoms with Crippen LogP contribution in [0.15, 0.2) is 122 Å². The van der Waals surface area contributed by atoms with Crippen molar-refractivity contribution in [3.05, 3.63) is 122 Å². The topological polar surface area (TPSA) is 25.8 Å². The molecule has 178 valence electrons. The zero-order valence-corrected chi connectivity index (χ0v) is 21.9. The van der Waals surface area contributed by atoms with Crippen LogP contribution in [-0.2, 0) is 0 Å². The van der Waals surface area contributed by atoms with Gasteiger partial charge in [0.1, 0.15) is 0 Å². The number of rotatable bonds is 3. The van der Waals surface area contributed by atoms with E-state index in [1.54, 1.807) is 0 Å². The summed E-state index contributed by atoms with van der Waals surface area (Å²) in [7, 11) is 0. The average Bonchev–Trinajstić information content (AvgIpc) is 3.56. The Hall–Kier alpha value is -4.38. The fourth-order valence-electron chi connectivity index (χ4n) is 5.35. The fourth-order valence-corrected chi connectivity index (χ4v) is 7.74. The third-order valence-electron chi connectivity index (χ3n) is 7.24. The van der Waals surface area contributed by atoms with Crippen molar-refractivity contribution in [2.45, 2.75) is 0 Å². The molecule has 38 heavy (non-hydrogen) atoms. The van der Waals surface area contributed by atoms with Gasteiger partial charge >= 0.3 is 0 Å². The molecule has 0 aliphatic heterocycles. The zero-order valence-electron chi connectivity index (χ0n) is 20.3. The molecule has 4 heterocycles. The van der Waals surface area contributed by atoms with Crippen molar-refractivity contribution >= 4 is 63.3 Å². The van der Waals surface area contributed by atoms with Crippen molar-refractivity contribution in [2.24, 2.45) is 0 Å². The standard InChI is InChI=1S/C34H20N2S2/c1-3-7-29-27(5-1)31-33(37-29)25(17-19-35-31)23-13-9-21(10-14-23)22-11-15-24(16-12-22)26-18-20-36-32-28-6-2-4-8-30(28)38-34(26)32/h1-20H. The predicted molar refractivity (Wildman–Crippen MR) is 164 cm³/mol. The van der Waals surface area contributed by atoms with Crippen LogP contribution in [0.4, 0.5) is 0 Å². The van der Waals surface area contributed by atoms with Crippen LogP contribution in [0.2, 0.25) is 0 Å². The van der Waals surface area contributed by atoms with E-state index in [0.29, 0.717) is 0 Å². The Balaban J connectivity index is 1.14. The van der Waals surface area contributed by atoms with Crippen LogP contribution in [-0.4, -0.2) is 9.97 Å². The van der Waals surface area contributed by atoms with E-state index in [2.05, 4.69) is 109 Å². The van der Waals surface area contributed by atoms with E-state index in [9.17, 15) is 0 Å². The van der Waals surface area contributed by atoms with E-state index >= 15 is 0 Å². The molecule has 0 aliphatic carbocycles. The van der Waals surface area contributed by atoms with Gasteiger partial charge in [0.2, 0.25) is 0 Å². The third kappa shape index (κ3) is 3.38. The van der Waals surface area contributed by atoms with Gasteiger partial charge in [-0.2, -0.15) is 0 Å². The second-order valence-electron chi connectivity index (χ2n) is 9.42. The third-order valence-corrected chi connectivity index (χ3v) is 9.63. The molecule has 0 saturated carbocycles. The molecule has 0 bridgehead atoms. The van der Waals surface area contributed by atoms with Crippen molar-refractivity contribution < 1.29 is 0 Å². The highest BCUT2D eigenvalue weighted by atomic mass is 32.1. The number of hydrogen-bond acceptors (Lipinski definition) is 4. The lowest BCUT2D eigenvalue weighted by Gasteiger charge is -2.08. The van der Waals surface area contributed by atoms with E-state index < -0.39 is 0 Å². The summed E-state index contributed by atoms with van der Waals surface area (Å²) in [6.45, 7) is 0. The van der Waals surface area contributed by atoms with Gasteiger partial charge in [-0.1, -0.05) is 84.9 Å². The van der Waals surface area contributed by atoms with Crippen LogP contribution in [0.1, 0.15) is 0 Å². The summed E-state index contributed by atoms with van der Waals surface area (Å²) in [5.74, 6) is 0. The van der Waals surface area contributed by atoms with Gasteiger partial charge in [0.25, 0.3) is 0 Å². The molecule has 4 heteroatoms. The molecule has 4 aromatic carbocycles. The maximum atomic E-state index is 4.69. The fraction of sp³-hybridized carbons (Fsp3) is 0. The molecular formula is C34H20N2S2. The van der Waals surface area contributed by atoms with Gasteiger partial charge in [-0.25, -0.2) is 0 Å². The number of fused-ring (bicyclic) bond motifs is 6. The molecule has 0 amide bonds. The average molecular weight is 521 g/mol. The van der Waals surface area contributed by atoms with Crippen LogP contribution >= 0.6 is 22.7 Å². The first-order valence-electron chi connectivity index (χ1n) is 12.6. The summed E-state index contributed by atoms with van der Waals surface area (Å²) in [5.41, 5.74) is 9.51. The Morgan fingerprint density at radius 2 is 0.789 bits per heavy atom. The summed E-state index contributed by atoms with van der Waals surface area (Å²) < 4.78 is 5.05. The van der Waals surface area contributed by atoms with Crippen LogP contribution in [0.5, 0.6) is 0 Å². The molecule has 0 N–H and O–H groups in total. The first kappa shape index (κ1) is 21.7. The van der Waals surface area contributed by atoms with Crippen LogP contribution in [0, 0.1) is 0 Å². The first-order valence-corrected chi connectivity index (χ1v) is 14.2. The Kier molecular flexibility index (Phi) is 4.90. The summed E-state index contributed by atoms with van der Waals surface area (Å²) in [4.78, 5) is 9.38. The molecule has 0 fully saturated rings. The van der Waals surface area contributed by atoms with E-state index in [-0.39, 0.29) is 0 Å². The molecule has 0 unspecified atom stereocenters. The van der Waals surface area contributed by atoms with E-state index in [1.165, 1.54) is 63.0 Å². The van der Waals surface area contributed by atoms with Crippen molar-refractivity contribution in [2.75, 3.05) is 0 Å². The van der Waals surface area contributed by atoms with Gasteiger partial charge in [-0.3, -0.25) is 9.97 Å². The van der Waals surface area contributed by atoms with Crippen molar-refractivity contribution in [3.8, 4) is 33.4 Å². The Bertz CT molecular complexity index is 1960. The minimum absolute atomic E-state index is 1.09. The van der Waals surface area contributed by atoms with Gasteiger partial charge in [-0.05, 0) is 46.5 Å². The quantitative estimate of drug-likeness (QED) is 0.232. The number of hydrogen-bond donors (Lipinski definition) is 0. The van der Waals surface area contributed by atoms with Gasteiger partial charge in [-0.15, -0.1) is 22.7 Å². The van der Waals surface area contributed by atoms with Crippen molar-refractivity contribution in [3.63, 3.8) is 0 Å². The van der Waals surface area contributed by atoms with Crippen LogP contribution in [0.3, 0.4) is 0 Å². The molecule has 0 spiro atoms. The van der Waals surface area contributed by atoms with E-state index in [4.69, 9.17) is 9.97 Å². The molecule has 0 aliphatic rings. The normalized spacial score (nSPS) is 11.7. The molecule has 0 radical (unpaired) electrons. The van der Waals surface area contributed by atoms with Gasteiger partial charge in [0.05, 0.1) is 20.4 Å². The monoisotopic (exact) mass is 520 g/mol. The lowest BCUT2D eigenvalue weighted by Crippen LogP contribution is -1.84. The Labute approximate surface area is 227 Å². The van der Waals surface area contributed by atoms with Crippen molar-refractivity contribution in [1.29, 1.82) is 0 Å². The van der Waals surface area contributed by atoms with Crippen molar-refractivity contribution in [1.82, 2.24) is 9.97 Å². The number of benzene rings is 4. The molecule has 4 aromatic heterocycles. The van der Waals surface area contributed by atoms with Crippen LogP contribution in [0.25, 0.3) is 74.0 Å².